The maximum atomic E-state index is 14.8. The van der Waals surface area contributed by atoms with Crippen molar-refractivity contribution in [3.8, 4) is 16.9 Å². The maximum Gasteiger partial charge on any atom is 0.254 e. The van der Waals surface area contributed by atoms with Crippen LogP contribution in [0.5, 0.6) is 5.75 Å². The molecule has 38 heavy (non-hydrogen) atoms. The molecule has 0 saturated heterocycles. The van der Waals surface area contributed by atoms with Gasteiger partial charge in [0, 0.05) is 23.9 Å². The molecule has 1 amide bonds. The molecule has 3 aromatic carbocycles. The van der Waals surface area contributed by atoms with E-state index in [1.807, 2.05) is 50.4 Å². The number of fused-ring (bicyclic) bond motifs is 2. The minimum Gasteiger partial charge on any atom is -0.491 e. The lowest BCUT2D eigenvalue weighted by Crippen LogP contribution is -2.33. The van der Waals surface area contributed by atoms with E-state index in [1.165, 1.54) is 13.0 Å². The summed E-state index contributed by atoms with van der Waals surface area (Å²) in [6.07, 6.45) is 0.943. The van der Waals surface area contributed by atoms with Crippen molar-refractivity contribution < 1.29 is 22.3 Å². The van der Waals surface area contributed by atoms with E-state index in [0.29, 0.717) is 12.3 Å². The summed E-state index contributed by atoms with van der Waals surface area (Å²) in [5, 5.41) is 3.18. The molecular weight excluding hydrogens is 507 g/mol. The number of nitrogens with one attached hydrogen (secondary N) is 2. The quantitative estimate of drug-likeness (QED) is 0.392. The number of rotatable bonds is 5. The summed E-state index contributed by atoms with van der Waals surface area (Å²) in [5.41, 5.74) is 4.73. The van der Waals surface area contributed by atoms with Gasteiger partial charge in [0.05, 0.1) is 23.6 Å². The second-order valence-corrected chi connectivity index (χ2v) is 11.6. The van der Waals surface area contributed by atoms with Crippen LogP contribution in [0.3, 0.4) is 0 Å². The van der Waals surface area contributed by atoms with Crippen molar-refractivity contribution in [2.24, 2.45) is 0 Å². The lowest BCUT2D eigenvalue weighted by Gasteiger charge is -2.21. The van der Waals surface area contributed by atoms with Gasteiger partial charge < -0.3 is 19.9 Å². The van der Waals surface area contributed by atoms with Crippen molar-refractivity contribution in [2.75, 3.05) is 26.5 Å². The van der Waals surface area contributed by atoms with E-state index in [4.69, 9.17) is 4.74 Å². The molecule has 8 nitrogen and oxygen atoms in total. The van der Waals surface area contributed by atoms with Gasteiger partial charge in [-0.3, -0.25) is 4.79 Å². The van der Waals surface area contributed by atoms with E-state index in [2.05, 4.69) is 15.3 Å². The largest absolute Gasteiger partial charge is 0.491 e. The number of nitrogens with zero attached hydrogens (tertiary/aromatic N) is 2. The first-order valence-corrected chi connectivity index (χ1v) is 14.2. The number of carbonyl (C=O) groups is 1. The van der Waals surface area contributed by atoms with Gasteiger partial charge >= 0.3 is 0 Å². The SMILES string of the molecule is CN[C@@H](C)c1nc2ccc(-c3ccc4c(c3)CN(C(=O)c3ccc(S(C)(=O)=O)c(F)c3C)CCO4)cc2[nH]1. The van der Waals surface area contributed by atoms with Gasteiger partial charge in [-0.25, -0.2) is 17.8 Å². The molecule has 0 spiro atoms. The van der Waals surface area contributed by atoms with Crippen LogP contribution in [-0.4, -0.2) is 55.6 Å². The van der Waals surface area contributed by atoms with E-state index < -0.39 is 20.5 Å². The molecule has 1 aliphatic rings. The predicted octanol–water partition coefficient (Wildman–Crippen LogP) is 4.40. The Bertz CT molecular complexity index is 1670. The van der Waals surface area contributed by atoms with Crippen molar-refractivity contribution >= 4 is 26.8 Å². The summed E-state index contributed by atoms with van der Waals surface area (Å²) in [6, 6.07) is 14.5. The second-order valence-electron chi connectivity index (χ2n) is 9.58. The Morgan fingerprint density at radius 2 is 1.89 bits per heavy atom. The Kier molecular flexibility index (Phi) is 6.70. The molecule has 198 valence electrons. The fourth-order valence-electron chi connectivity index (χ4n) is 4.65. The van der Waals surface area contributed by atoms with E-state index in [-0.39, 0.29) is 36.2 Å². The molecule has 1 aliphatic heterocycles. The minimum absolute atomic E-state index is 0.0110. The standard InChI is InChI=1S/C28H29FN4O4S/c1-16-21(7-10-25(26(16)29)38(4,35)36)28(34)33-11-12-37-24-9-6-18(13-20(24)15-33)19-5-8-22-23(14-19)32-27(31-22)17(2)30-3/h5-10,13-14,17,30H,11-12,15H2,1-4H3,(H,31,32)/t17-/m0/s1. The Morgan fingerprint density at radius 1 is 1.16 bits per heavy atom. The highest BCUT2D eigenvalue weighted by molar-refractivity contribution is 7.90. The Labute approximate surface area is 220 Å². The summed E-state index contributed by atoms with van der Waals surface area (Å²) in [6.45, 7) is 4.32. The van der Waals surface area contributed by atoms with Crippen LogP contribution in [0.2, 0.25) is 0 Å². The van der Waals surface area contributed by atoms with Gasteiger partial charge in [0.15, 0.2) is 9.84 Å². The zero-order valence-electron chi connectivity index (χ0n) is 21.6. The maximum absolute atomic E-state index is 14.8. The second kappa shape index (κ2) is 9.85. The molecule has 0 radical (unpaired) electrons. The van der Waals surface area contributed by atoms with Crippen molar-refractivity contribution in [3.05, 3.63) is 76.9 Å². The van der Waals surface area contributed by atoms with Crippen LogP contribution in [0, 0.1) is 12.7 Å². The number of amides is 1. The van der Waals surface area contributed by atoms with Crippen molar-refractivity contribution in [1.82, 2.24) is 20.2 Å². The molecule has 4 aromatic rings. The van der Waals surface area contributed by atoms with Crippen LogP contribution in [0.15, 0.2) is 53.4 Å². The van der Waals surface area contributed by atoms with Crippen LogP contribution in [0.4, 0.5) is 4.39 Å². The molecule has 0 aliphatic carbocycles. The minimum atomic E-state index is -3.75. The lowest BCUT2D eigenvalue weighted by atomic mass is 10.0. The van der Waals surface area contributed by atoms with E-state index in [1.54, 1.807) is 4.90 Å². The molecule has 0 saturated carbocycles. The molecule has 1 aromatic heterocycles. The van der Waals surface area contributed by atoms with Gasteiger partial charge in [0.25, 0.3) is 5.91 Å². The zero-order chi connectivity index (χ0) is 27.2. The van der Waals surface area contributed by atoms with Crippen molar-refractivity contribution in [3.63, 3.8) is 0 Å². The average Bonchev–Trinajstić information content (AvgIpc) is 3.20. The van der Waals surface area contributed by atoms with E-state index in [0.717, 1.165) is 45.9 Å². The number of sulfone groups is 1. The Hall–Kier alpha value is -3.76. The Morgan fingerprint density at radius 3 is 2.63 bits per heavy atom. The van der Waals surface area contributed by atoms with Gasteiger partial charge in [0.1, 0.15) is 28.9 Å². The van der Waals surface area contributed by atoms with E-state index in [9.17, 15) is 17.6 Å². The molecule has 1 atom stereocenters. The molecule has 5 rings (SSSR count). The number of halogens is 1. The Balaban J connectivity index is 1.45. The predicted molar refractivity (Wildman–Crippen MR) is 143 cm³/mol. The number of hydrogen-bond donors (Lipinski definition) is 2. The van der Waals surface area contributed by atoms with Crippen LogP contribution >= 0.6 is 0 Å². The third-order valence-corrected chi connectivity index (χ3v) is 8.10. The molecule has 0 fully saturated rings. The zero-order valence-corrected chi connectivity index (χ0v) is 22.4. The highest BCUT2D eigenvalue weighted by Gasteiger charge is 2.26. The fraction of sp³-hybridized carbons (Fsp3) is 0.286. The molecule has 2 N–H and O–H groups in total. The molecule has 0 unspecified atom stereocenters. The fourth-order valence-corrected chi connectivity index (χ4v) is 5.44. The highest BCUT2D eigenvalue weighted by atomic mass is 32.2. The molecule has 2 heterocycles. The van der Waals surface area contributed by atoms with Gasteiger partial charge in [0.2, 0.25) is 0 Å². The van der Waals surface area contributed by atoms with Crippen LogP contribution < -0.4 is 10.1 Å². The first-order chi connectivity index (χ1) is 18.1. The van der Waals surface area contributed by atoms with Crippen molar-refractivity contribution in [1.29, 1.82) is 0 Å². The molecule has 10 heteroatoms. The van der Waals surface area contributed by atoms with Gasteiger partial charge in [-0.15, -0.1) is 0 Å². The number of H-pyrrole nitrogens is 1. The third kappa shape index (κ3) is 4.77. The molecule has 0 bridgehead atoms. The van der Waals surface area contributed by atoms with Crippen molar-refractivity contribution in [2.45, 2.75) is 31.3 Å². The van der Waals surface area contributed by atoms with Crippen LogP contribution in [0.1, 0.15) is 40.3 Å². The van der Waals surface area contributed by atoms with Gasteiger partial charge in [-0.2, -0.15) is 0 Å². The smallest absolute Gasteiger partial charge is 0.254 e. The third-order valence-electron chi connectivity index (χ3n) is 6.99. The number of aromatic nitrogens is 2. The topological polar surface area (TPSA) is 104 Å². The van der Waals surface area contributed by atoms with Crippen LogP contribution in [0.25, 0.3) is 22.2 Å². The lowest BCUT2D eigenvalue weighted by molar-refractivity contribution is 0.0731. The summed E-state index contributed by atoms with van der Waals surface area (Å²) < 4.78 is 44.5. The van der Waals surface area contributed by atoms with E-state index >= 15 is 0 Å². The average molecular weight is 537 g/mol. The number of carbonyl (C=O) groups excluding carboxylic acids is 1. The molecular formula is C28H29FN4O4S. The number of hydrogen-bond acceptors (Lipinski definition) is 6. The van der Waals surface area contributed by atoms with Gasteiger partial charge in [-0.1, -0.05) is 12.1 Å². The first kappa shape index (κ1) is 25.9. The number of ether oxygens (including phenoxy) is 1. The normalized spacial score (nSPS) is 14.6. The first-order valence-electron chi connectivity index (χ1n) is 12.3. The summed E-state index contributed by atoms with van der Waals surface area (Å²) in [4.78, 5) is 22.6. The monoisotopic (exact) mass is 536 g/mol. The summed E-state index contributed by atoms with van der Waals surface area (Å²) in [7, 11) is -1.86. The number of benzene rings is 3. The summed E-state index contributed by atoms with van der Waals surface area (Å²) >= 11 is 0. The highest BCUT2D eigenvalue weighted by Crippen LogP contribution is 2.32. The van der Waals surface area contributed by atoms with Crippen LogP contribution in [-0.2, 0) is 16.4 Å². The summed E-state index contributed by atoms with van der Waals surface area (Å²) in [5.74, 6) is 0.273. The number of aromatic amines is 1. The van der Waals surface area contributed by atoms with Gasteiger partial charge in [-0.05, 0) is 74.0 Å². The number of imidazole rings is 1.